The van der Waals surface area contributed by atoms with Gasteiger partial charge in [0.25, 0.3) is 0 Å². The second kappa shape index (κ2) is 10.2. The standard InChI is InChI=1S/C18H23NO5/c1-4-23-16(20)10-11-17(21)24-12-15(19-18(22)13(2)3)14-8-6-5-7-9-14/h5-11,13,15H,4,12H2,1-3H3,(H,19,22)/b11-10+/t15-/m1/s1. The van der Waals surface area contributed by atoms with Crippen molar-refractivity contribution in [2.45, 2.75) is 26.8 Å². The molecular weight excluding hydrogens is 310 g/mol. The highest BCUT2D eigenvalue weighted by Crippen LogP contribution is 2.14. The number of hydrogen-bond donors (Lipinski definition) is 1. The summed E-state index contributed by atoms with van der Waals surface area (Å²) in [5.41, 5.74) is 0.827. The summed E-state index contributed by atoms with van der Waals surface area (Å²) in [6.07, 6.45) is 2.01. The molecule has 0 aliphatic rings. The monoisotopic (exact) mass is 333 g/mol. The molecule has 1 amide bonds. The van der Waals surface area contributed by atoms with Gasteiger partial charge in [0.15, 0.2) is 0 Å². The van der Waals surface area contributed by atoms with Gasteiger partial charge in [0.1, 0.15) is 6.61 Å². The lowest BCUT2D eigenvalue weighted by Gasteiger charge is -2.20. The van der Waals surface area contributed by atoms with Crippen molar-refractivity contribution in [3.8, 4) is 0 Å². The topological polar surface area (TPSA) is 81.7 Å². The largest absolute Gasteiger partial charge is 0.463 e. The lowest BCUT2D eigenvalue weighted by Crippen LogP contribution is -2.34. The van der Waals surface area contributed by atoms with Crippen LogP contribution in [0.25, 0.3) is 0 Å². The summed E-state index contributed by atoms with van der Waals surface area (Å²) in [5, 5.41) is 2.84. The summed E-state index contributed by atoms with van der Waals surface area (Å²) >= 11 is 0. The molecule has 1 atom stereocenters. The summed E-state index contributed by atoms with van der Waals surface area (Å²) in [6, 6.07) is 8.76. The van der Waals surface area contributed by atoms with Gasteiger partial charge in [-0.05, 0) is 12.5 Å². The van der Waals surface area contributed by atoms with Gasteiger partial charge in [0.05, 0.1) is 12.6 Å². The number of carbonyl (C=O) groups is 3. The first-order valence-electron chi connectivity index (χ1n) is 7.81. The van der Waals surface area contributed by atoms with Gasteiger partial charge in [-0.15, -0.1) is 0 Å². The van der Waals surface area contributed by atoms with Crippen LogP contribution in [0.4, 0.5) is 0 Å². The maximum Gasteiger partial charge on any atom is 0.331 e. The van der Waals surface area contributed by atoms with Gasteiger partial charge in [-0.2, -0.15) is 0 Å². The molecule has 1 aromatic rings. The highest BCUT2D eigenvalue weighted by Gasteiger charge is 2.18. The number of carbonyl (C=O) groups excluding carboxylic acids is 3. The van der Waals surface area contributed by atoms with Crippen LogP contribution in [0.1, 0.15) is 32.4 Å². The first-order chi connectivity index (χ1) is 11.4. The summed E-state index contributed by atoms with van der Waals surface area (Å²) < 4.78 is 9.80. The smallest absolute Gasteiger partial charge is 0.331 e. The van der Waals surface area contributed by atoms with Gasteiger partial charge in [-0.3, -0.25) is 4.79 Å². The van der Waals surface area contributed by atoms with Crippen LogP contribution in [0.5, 0.6) is 0 Å². The summed E-state index contributed by atoms with van der Waals surface area (Å²) in [5.74, 6) is -1.61. The minimum absolute atomic E-state index is 0.0333. The highest BCUT2D eigenvalue weighted by atomic mass is 16.5. The Balaban J connectivity index is 2.67. The Morgan fingerprint density at radius 2 is 1.62 bits per heavy atom. The summed E-state index contributed by atoms with van der Waals surface area (Å²) in [7, 11) is 0. The van der Waals surface area contributed by atoms with Crippen LogP contribution in [0, 0.1) is 5.92 Å². The van der Waals surface area contributed by atoms with Gasteiger partial charge >= 0.3 is 11.9 Å². The first kappa shape index (κ1) is 19.4. The fourth-order valence-electron chi connectivity index (χ4n) is 1.78. The van der Waals surface area contributed by atoms with E-state index in [-0.39, 0.29) is 25.0 Å². The first-order valence-corrected chi connectivity index (χ1v) is 7.81. The van der Waals surface area contributed by atoms with Crippen molar-refractivity contribution in [2.75, 3.05) is 13.2 Å². The van der Waals surface area contributed by atoms with Gasteiger partial charge in [0.2, 0.25) is 5.91 Å². The van der Waals surface area contributed by atoms with Gasteiger partial charge in [0, 0.05) is 18.1 Å². The van der Waals surface area contributed by atoms with E-state index < -0.39 is 18.0 Å². The van der Waals surface area contributed by atoms with Crippen LogP contribution in [0.15, 0.2) is 42.5 Å². The third kappa shape index (κ3) is 7.09. The van der Waals surface area contributed by atoms with E-state index in [9.17, 15) is 14.4 Å². The molecule has 0 heterocycles. The second-order valence-electron chi connectivity index (χ2n) is 5.34. The van der Waals surface area contributed by atoms with E-state index in [1.165, 1.54) is 0 Å². The van der Waals surface area contributed by atoms with E-state index >= 15 is 0 Å². The van der Waals surface area contributed by atoms with Gasteiger partial charge < -0.3 is 14.8 Å². The third-order valence-corrected chi connectivity index (χ3v) is 3.08. The molecule has 0 bridgehead atoms. The number of ether oxygens (including phenoxy) is 2. The lowest BCUT2D eigenvalue weighted by atomic mass is 10.1. The van der Waals surface area contributed by atoms with E-state index in [0.717, 1.165) is 17.7 Å². The SMILES string of the molecule is CCOC(=O)/C=C/C(=O)OC[C@@H](NC(=O)C(C)C)c1ccccc1. The predicted octanol–water partition coefficient (Wildman–Crippen LogP) is 2.16. The van der Waals surface area contributed by atoms with Crippen molar-refractivity contribution in [3.05, 3.63) is 48.0 Å². The third-order valence-electron chi connectivity index (χ3n) is 3.08. The highest BCUT2D eigenvalue weighted by molar-refractivity contribution is 5.91. The Morgan fingerprint density at radius 1 is 1.04 bits per heavy atom. The fraction of sp³-hybridized carbons (Fsp3) is 0.389. The van der Waals surface area contributed by atoms with E-state index in [2.05, 4.69) is 10.1 Å². The Labute approximate surface area is 141 Å². The zero-order chi connectivity index (χ0) is 17.9. The molecule has 0 aromatic heterocycles. The molecule has 0 spiro atoms. The minimum Gasteiger partial charge on any atom is -0.463 e. The molecule has 0 radical (unpaired) electrons. The van der Waals surface area contributed by atoms with Crippen LogP contribution in [-0.2, 0) is 23.9 Å². The summed E-state index contributed by atoms with van der Waals surface area (Å²) in [4.78, 5) is 34.8. The molecule has 0 saturated carbocycles. The molecule has 24 heavy (non-hydrogen) atoms. The van der Waals surface area contributed by atoms with E-state index in [1.807, 2.05) is 30.3 Å². The molecular formula is C18H23NO5. The molecule has 6 heteroatoms. The van der Waals surface area contributed by atoms with Gasteiger partial charge in [-0.1, -0.05) is 44.2 Å². The number of esters is 2. The second-order valence-corrected chi connectivity index (χ2v) is 5.34. The van der Waals surface area contributed by atoms with Crippen molar-refractivity contribution in [3.63, 3.8) is 0 Å². The normalized spacial score (nSPS) is 12.0. The molecule has 6 nitrogen and oxygen atoms in total. The predicted molar refractivity (Wildman–Crippen MR) is 88.9 cm³/mol. The van der Waals surface area contributed by atoms with Crippen molar-refractivity contribution in [2.24, 2.45) is 5.92 Å². The molecule has 0 aliphatic heterocycles. The van der Waals surface area contributed by atoms with Crippen LogP contribution < -0.4 is 5.32 Å². The number of hydrogen-bond acceptors (Lipinski definition) is 5. The number of benzene rings is 1. The quantitative estimate of drug-likeness (QED) is 0.582. The van der Waals surface area contributed by atoms with Crippen LogP contribution in [-0.4, -0.2) is 31.1 Å². The molecule has 130 valence electrons. The molecule has 0 unspecified atom stereocenters. The van der Waals surface area contributed by atoms with Gasteiger partial charge in [-0.25, -0.2) is 9.59 Å². The van der Waals surface area contributed by atoms with E-state index in [4.69, 9.17) is 4.74 Å². The maximum atomic E-state index is 11.9. The summed E-state index contributed by atoms with van der Waals surface area (Å²) in [6.45, 7) is 5.44. The molecule has 1 rings (SSSR count). The Kier molecular flexibility index (Phi) is 8.25. The molecule has 1 N–H and O–H groups in total. The van der Waals surface area contributed by atoms with Crippen molar-refractivity contribution in [1.82, 2.24) is 5.32 Å². The molecule has 0 aliphatic carbocycles. The van der Waals surface area contributed by atoms with Crippen LogP contribution in [0.2, 0.25) is 0 Å². The average molecular weight is 333 g/mol. The maximum absolute atomic E-state index is 11.9. The van der Waals surface area contributed by atoms with E-state index in [0.29, 0.717) is 0 Å². The Hall–Kier alpha value is -2.63. The number of nitrogens with one attached hydrogen (secondary N) is 1. The molecule has 1 aromatic carbocycles. The van der Waals surface area contributed by atoms with Crippen LogP contribution >= 0.6 is 0 Å². The van der Waals surface area contributed by atoms with Crippen molar-refractivity contribution in [1.29, 1.82) is 0 Å². The zero-order valence-electron chi connectivity index (χ0n) is 14.2. The minimum atomic E-state index is -0.678. The fourth-order valence-corrected chi connectivity index (χ4v) is 1.78. The zero-order valence-corrected chi connectivity index (χ0v) is 14.2. The lowest BCUT2D eigenvalue weighted by molar-refractivity contribution is -0.141. The molecule has 0 fully saturated rings. The number of rotatable bonds is 8. The Morgan fingerprint density at radius 3 is 2.17 bits per heavy atom. The average Bonchev–Trinajstić information content (AvgIpc) is 2.57. The van der Waals surface area contributed by atoms with Crippen LogP contribution in [0.3, 0.4) is 0 Å². The van der Waals surface area contributed by atoms with Crippen molar-refractivity contribution >= 4 is 17.8 Å². The van der Waals surface area contributed by atoms with Crippen molar-refractivity contribution < 1.29 is 23.9 Å². The van der Waals surface area contributed by atoms with E-state index in [1.54, 1.807) is 20.8 Å². The number of amides is 1. The Bertz CT molecular complexity index is 580. The molecule has 0 saturated heterocycles.